The van der Waals surface area contributed by atoms with Crippen LogP contribution in [-0.2, 0) is 4.74 Å². The lowest BCUT2D eigenvalue weighted by Crippen LogP contribution is -2.58. The highest BCUT2D eigenvalue weighted by molar-refractivity contribution is 5.03. The van der Waals surface area contributed by atoms with Crippen LogP contribution in [0.5, 0.6) is 0 Å². The van der Waals surface area contributed by atoms with Crippen molar-refractivity contribution >= 4 is 0 Å². The van der Waals surface area contributed by atoms with Crippen molar-refractivity contribution < 1.29 is 4.74 Å². The van der Waals surface area contributed by atoms with Gasteiger partial charge in [0.15, 0.2) is 0 Å². The maximum Gasteiger partial charge on any atom is 0.0589 e. The third kappa shape index (κ3) is 2.59. The maximum absolute atomic E-state index is 6.22. The molecule has 0 radical (unpaired) electrons. The second kappa shape index (κ2) is 5.10. The highest BCUT2D eigenvalue weighted by Gasteiger charge is 2.47. The van der Waals surface area contributed by atoms with Gasteiger partial charge in [0.05, 0.1) is 6.10 Å². The monoisotopic (exact) mass is 252 g/mol. The zero-order valence-corrected chi connectivity index (χ0v) is 11.7. The second-order valence-corrected chi connectivity index (χ2v) is 6.71. The summed E-state index contributed by atoms with van der Waals surface area (Å²) >= 11 is 0. The van der Waals surface area contributed by atoms with Crippen molar-refractivity contribution in [2.24, 2.45) is 11.7 Å². The molecule has 0 aliphatic heterocycles. The normalized spacial score (nSPS) is 37.2. The fraction of sp³-hybridized carbons (Fsp3) is 1.00. The summed E-state index contributed by atoms with van der Waals surface area (Å²) in [6.07, 6.45) is 11.1. The summed E-state index contributed by atoms with van der Waals surface area (Å²) in [5.74, 6) is 0.969. The summed E-state index contributed by atoms with van der Waals surface area (Å²) < 4.78 is 5.64. The van der Waals surface area contributed by atoms with Gasteiger partial charge in [-0.2, -0.15) is 0 Å². The van der Waals surface area contributed by atoms with Crippen molar-refractivity contribution in [2.75, 3.05) is 20.2 Å². The minimum absolute atomic E-state index is 0.253. The van der Waals surface area contributed by atoms with Gasteiger partial charge >= 0.3 is 0 Å². The molecule has 0 heterocycles. The van der Waals surface area contributed by atoms with Crippen LogP contribution in [0.25, 0.3) is 0 Å². The summed E-state index contributed by atoms with van der Waals surface area (Å²) in [5, 5.41) is 0. The summed E-state index contributed by atoms with van der Waals surface area (Å²) in [7, 11) is 1.86. The Balaban J connectivity index is 1.73. The van der Waals surface area contributed by atoms with E-state index in [9.17, 15) is 0 Å². The molecule has 3 aliphatic rings. The number of nitrogens with two attached hydrogens (primary N) is 1. The van der Waals surface area contributed by atoms with E-state index in [2.05, 4.69) is 4.90 Å². The summed E-state index contributed by atoms with van der Waals surface area (Å²) in [5.41, 5.74) is 6.47. The average molecular weight is 252 g/mol. The highest BCUT2D eigenvalue weighted by Crippen LogP contribution is 2.43. The molecule has 0 spiro atoms. The largest absolute Gasteiger partial charge is 0.381 e. The smallest absolute Gasteiger partial charge is 0.0589 e. The lowest BCUT2D eigenvalue weighted by atomic mass is 9.78. The molecule has 2 atom stereocenters. The lowest BCUT2D eigenvalue weighted by molar-refractivity contribution is -0.0278. The second-order valence-electron chi connectivity index (χ2n) is 6.71. The van der Waals surface area contributed by atoms with E-state index in [0.29, 0.717) is 6.10 Å². The van der Waals surface area contributed by atoms with E-state index in [4.69, 9.17) is 10.5 Å². The molecule has 0 aromatic heterocycles. The minimum atomic E-state index is 0.253. The predicted octanol–water partition coefficient (Wildman–Crippen LogP) is 2.15. The van der Waals surface area contributed by atoms with E-state index in [1.165, 1.54) is 51.5 Å². The number of methoxy groups -OCH3 is 1. The number of ether oxygens (including phenoxy) is 1. The fourth-order valence-electron chi connectivity index (χ4n) is 3.75. The predicted molar refractivity (Wildman–Crippen MR) is 73.5 cm³/mol. The molecule has 3 aliphatic carbocycles. The highest BCUT2D eigenvalue weighted by atomic mass is 16.5. The molecule has 3 heteroatoms. The van der Waals surface area contributed by atoms with E-state index >= 15 is 0 Å². The molecule has 0 bridgehead atoms. The van der Waals surface area contributed by atoms with E-state index < -0.39 is 0 Å². The molecule has 2 unspecified atom stereocenters. The van der Waals surface area contributed by atoms with Gasteiger partial charge in [-0.15, -0.1) is 0 Å². The van der Waals surface area contributed by atoms with Crippen LogP contribution >= 0.6 is 0 Å². The van der Waals surface area contributed by atoms with Gasteiger partial charge in [-0.3, -0.25) is 4.90 Å². The van der Waals surface area contributed by atoms with Crippen molar-refractivity contribution in [2.45, 2.75) is 69.1 Å². The maximum atomic E-state index is 6.22. The van der Waals surface area contributed by atoms with Crippen LogP contribution in [0.15, 0.2) is 0 Å². The standard InChI is InChI=1S/C15H28N2O/c1-18-14-3-2-8-15(9-14,11-16)17(13-6-7-13)10-12-4-5-12/h12-14H,2-11,16H2,1H3. The molecule has 3 fully saturated rings. The van der Waals surface area contributed by atoms with Crippen LogP contribution in [0.4, 0.5) is 0 Å². The molecular weight excluding hydrogens is 224 g/mol. The summed E-state index contributed by atoms with van der Waals surface area (Å²) in [6.45, 7) is 2.12. The quantitative estimate of drug-likeness (QED) is 0.787. The minimum Gasteiger partial charge on any atom is -0.381 e. The van der Waals surface area contributed by atoms with E-state index in [1.807, 2.05) is 7.11 Å². The van der Waals surface area contributed by atoms with Gasteiger partial charge < -0.3 is 10.5 Å². The van der Waals surface area contributed by atoms with Crippen LogP contribution in [0, 0.1) is 5.92 Å². The zero-order valence-electron chi connectivity index (χ0n) is 11.7. The Labute approximate surface area is 111 Å². The molecule has 0 aromatic carbocycles. The first kappa shape index (κ1) is 12.9. The molecule has 18 heavy (non-hydrogen) atoms. The first-order valence-corrected chi connectivity index (χ1v) is 7.77. The SMILES string of the molecule is COC1CCCC(CN)(N(CC2CC2)C2CC2)C1. The van der Waals surface area contributed by atoms with Crippen LogP contribution in [0.2, 0.25) is 0 Å². The van der Waals surface area contributed by atoms with Gasteiger partial charge in [-0.05, 0) is 57.3 Å². The zero-order chi connectivity index (χ0) is 12.6. The fourth-order valence-corrected chi connectivity index (χ4v) is 3.75. The third-order valence-corrected chi connectivity index (χ3v) is 5.24. The van der Waals surface area contributed by atoms with Crippen molar-refractivity contribution in [1.82, 2.24) is 4.90 Å². The summed E-state index contributed by atoms with van der Waals surface area (Å²) in [6, 6.07) is 0.838. The summed E-state index contributed by atoms with van der Waals surface area (Å²) in [4.78, 5) is 2.80. The van der Waals surface area contributed by atoms with E-state index in [0.717, 1.165) is 24.9 Å². The van der Waals surface area contributed by atoms with Crippen LogP contribution in [0.1, 0.15) is 51.4 Å². The molecule has 0 aromatic rings. The number of rotatable bonds is 6. The van der Waals surface area contributed by atoms with E-state index in [1.54, 1.807) is 0 Å². The molecule has 3 saturated carbocycles. The molecule has 104 valence electrons. The van der Waals surface area contributed by atoms with Gasteiger partial charge in [0.25, 0.3) is 0 Å². The molecule has 3 nitrogen and oxygen atoms in total. The molecule has 0 saturated heterocycles. The van der Waals surface area contributed by atoms with Gasteiger partial charge in [0.2, 0.25) is 0 Å². The molecule has 3 rings (SSSR count). The van der Waals surface area contributed by atoms with Crippen LogP contribution < -0.4 is 5.73 Å². The Morgan fingerprint density at radius 3 is 2.56 bits per heavy atom. The van der Waals surface area contributed by atoms with Gasteiger partial charge in [0, 0.05) is 31.8 Å². The Hall–Kier alpha value is -0.120. The van der Waals surface area contributed by atoms with Gasteiger partial charge in [-0.25, -0.2) is 0 Å². The van der Waals surface area contributed by atoms with Gasteiger partial charge in [-0.1, -0.05) is 0 Å². The van der Waals surface area contributed by atoms with E-state index in [-0.39, 0.29) is 5.54 Å². The average Bonchev–Trinajstić information content (AvgIpc) is 3.28. The lowest BCUT2D eigenvalue weighted by Gasteiger charge is -2.48. The Bertz CT molecular complexity index is 288. The van der Waals surface area contributed by atoms with Crippen LogP contribution in [0.3, 0.4) is 0 Å². The van der Waals surface area contributed by atoms with Crippen molar-refractivity contribution in [3.63, 3.8) is 0 Å². The molecular formula is C15H28N2O. The Morgan fingerprint density at radius 2 is 2.00 bits per heavy atom. The Kier molecular flexibility index (Phi) is 3.65. The van der Waals surface area contributed by atoms with Crippen molar-refractivity contribution in [3.8, 4) is 0 Å². The number of hydrogen-bond acceptors (Lipinski definition) is 3. The first-order valence-electron chi connectivity index (χ1n) is 7.77. The molecule has 2 N–H and O–H groups in total. The molecule has 0 amide bonds. The van der Waals surface area contributed by atoms with Crippen molar-refractivity contribution in [3.05, 3.63) is 0 Å². The van der Waals surface area contributed by atoms with Crippen molar-refractivity contribution in [1.29, 1.82) is 0 Å². The number of hydrogen-bond donors (Lipinski definition) is 1. The first-order chi connectivity index (χ1) is 8.77. The topological polar surface area (TPSA) is 38.5 Å². The Morgan fingerprint density at radius 1 is 1.22 bits per heavy atom. The van der Waals surface area contributed by atoms with Gasteiger partial charge in [0.1, 0.15) is 0 Å². The third-order valence-electron chi connectivity index (χ3n) is 5.24. The number of nitrogens with zero attached hydrogens (tertiary/aromatic N) is 1. The van der Waals surface area contributed by atoms with Crippen LogP contribution in [-0.4, -0.2) is 42.8 Å².